The van der Waals surface area contributed by atoms with E-state index in [0.717, 1.165) is 16.8 Å². The van der Waals surface area contributed by atoms with Crippen molar-refractivity contribution in [2.75, 3.05) is 10.8 Å². The number of anilines is 1. The van der Waals surface area contributed by atoms with Gasteiger partial charge in [0.2, 0.25) is 0 Å². The first-order valence-electron chi connectivity index (χ1n) is 9.00. The molecule has 1 heterocycles. The average Bonchev–Trinajstić information content (AvgIpc) is 2.68. The summed E-state index contributed by atoms with van der Waals surface area (Å²) in [6, 6.07) is 16.0. The van der Waals surface area contributed by atoms with Crippen LogP contribution in [0.25, 0.3) is 0 Å². The molecule has 0 atom stereocenters. The number of hydrogen-bond donors (Lipinski definition) is 0. The lowest BCUT2D eigenvalue weighted by atomic mass is 10.1. The quantitative estimate of drug-likeness (QED) is 0.530. The molecule has 5 nitrogen and oxygen atoms in total. The fourth-order valence-corrected chi connectivity index (χ4v) is 4.75. The van der Waals surface area contributed by atoms with Gasteiger partial charge in [0.25, 0.3) is 10.0 Å². The number of halogens is 1. The monoisotopic (exact) mass is 415 g/mol. The number of benzene rings is 2. The summed E-state index contributed by atoms with van der Waals surface area (Å²) in [6.07, 6.45) is 2.62. The van der Waals surface area contributed by atoms with Crippen molar-refractivity contribution in [1.82, 2.24) is 9.97 Å². The van der Waals surface area contributed by atoms with Crippen LogP contribution in [-0.2, 0) is 16.4 Å². The Morgan fingerprint density at radius 2 is 1.64 bits per heavy atom. The van der Waals surface area contributed by atoms with Crippen LogP contribution in [0.15, 0.2) is 65.8 Å². The van der Waals surface area contributed by atoms with Gasteiger partial charge in [-0.1, -0.05) is 47.5 Å². The molecule has 0 amide bonds. The van der Waals surface area contributed by atoms with Crippen molar-refractivity contribution >= 4 is 27.3 Å². The van der Waals surface area contributed by atoms with Gasteiger partial charge in [-0.05, 0) is 51.0 Å². The smallest absolute Gasteiger partial charge is 0.264 e. The standard InChI is InChI=1S/C21H22ClN3O2S/c1-16-10-12-19(13-11-16)28(26,27)25(18-7-4-3-5-8-18)14-6-9-20-17(2)23-15-24-21(20)22/h3-5,7-8,10-13,15H,6,9,14H2,1-2H3. The molecule has 0 aliphatic rings. The van der Waals surface area contributed by atoms with E-state index in [0.29, 0.717) is 30.2 Å². The fourth-order valence-electron chi connectivity index (χ4n) is 2.97. The third-order valence-corrected chi connectivity index (χ3v) is 6.72. The molecule has 0 fully saturated rings. The van der Waals surface area contributed by atoms with Gasteiger partial charge in [-0.2, -0.15) is 0 Å². The van der Waals surface area contributed by atoms with E-state index in [1.165, 1.54) is 10.6 Å². The summed E-state index contributed by atoms with van der Waals surface area (Å²) in [7, 11) is -3.68. The molecule has 0 saturated carbocycles. The van der Waals surface area contributed by atoms with Crippen molar-refractivity contribution in [1.29, 1.82) is 0 Å². The van der Waals surface area contributed by atoms with Gasteiger partial charge in [0, 0.05) is 17.8 Å². The van der Waals surface area contributed by atoms with Crippen molar-refractivity contribution in [2.45, 2.75) is 31.6 Å². The summed E-state index contributed by atoms with van der Waals surface area (Å²) in [4.78, 5) is 8.47. The van der Waals surface area contributed by atoms with E-state index >= 15 is 0 Å². The Balaban J connectivity index is 1.87. The molecule has 0 unspecified atom stereocenters. The molecule has 3 rings (SSSR count). The lowest BCUT2D eigenvalue weighted by molar-refractivity contribution is 0.589. The lowest BCUT2D eigenvalue weighted by Crippen LogP contribution is -2.32. The topological polar surface area (TPSA) is 63.2 Å². The van der Waals surface area contributed by atoms with Crippen LogP contribution in [0.4, 0.5) is 5.69 Å². The van der Waals surface area contributed by atoms with E-state index in [1.807, 2.05) is 32.0 Å². The number of rotatable bonds is 7. The third-order valence-electron chi connectivity index (χ3n) is 4.55. The molecule has 0 radical (unpaired) electrons. The van der Waals surface area contributed by atoms with E-state index < -0.39 is 10.0 Å². The third kappa shape index (κ3) is 4.51. The van der Waals surface area contributed by atoms with Gasteiger partial charge in [0.1, 0.15) is 11.5 Å². The lowest BCUT2D eigenvalue weighted by Gasteiger charge is -2.25. The SMILES string of the molecule is Cc1ccc(S(=O)(=O)N(CCCc2c(C)ncnc2Cl)c2ccccc2)cc1. The molecular weight excluding hydrogens is 394 g/mol. The molecule has 2 aromatic carbocycles. The van der Waals surface area contributed by atoms with Crippen LogP contribution in [0, 0.1) is 13.8 Å². The number of hydrogen-bond acceptors (Lipinski definition) is 4. The van der Waals surface area contributed by atoms with E-state index in [1.54, 1.807) is 36.4 Å². The highest BCUT2D eigenvalue weighted by molar-refractivity contribution is 7.92. The van der Waals surface area contributed by atoms with Crippen molar-refractivity contribution in [3.63, 3.8) is 0 Å². The van der Waals surface area contributed by atoms with E-state index in [2.05, 4.69) is 9.97 Å². The minimum absolute atomic E-state index is 0.277. The maximum atomic E-state index is 13.3. The normalized spacial score (nSPS) is 11.4. The molecule has 0 bridgehead atoms. The highest BCUT2D eigenvalue weighted by Gasteiger charge is 2.24. The molecular formula is C21H22ClN3O2S. The Morgan fingerprint density at radius 3 is 2.29 bits per heavy atom. The van der Waals surface area contributed by atoms with Crippen LogP contribution in [0.1, 0.15) is 23.2 Å². The minimum Gasteiger partial charge on any atom is -0.266 e. The van der Waals surface area contributed by atoms with Crippen LogP contribution < -0.4 is 4.31 Å². The van der Waals surface area contributed by atoms with Crippen molar-refractivity contribution < 1.29 is 8.42 Å². The van der Waals surface area contributed by atoms with Gasteiger partial charge in [0.05, 0.1) is 10.6 Å². The molecule has 0 aliphatic heterocycles. The molecule has 1 aromatic heterocycles. The van der Waals surface area contributed by atoms with Gasteiger partial charge < -0.3 is 0 Å². The zero-order chi connectivity index (χ0) is 20.1. The number of para-hydroxylation sites is 1. The van der Waals surface area contributed by atoms with Gasteiger partial charge in [-0.3, -0.25) is 4.31 Å². The summed E-state index contributed by atoms with van der Waals surface area (Å²) in [5, 5.41) is 0.417. The molecule has 0 aliphatic carbocycles. The largest absolute Gasteiger partial charge is 0.266 e. The second kappa shape index (κ2) is 8.71. The molecule has 0 N–H and O–H groups in total. The van der Waals surface area contributed by atoms with Crippen molar-refractivity contribution in [3.05, 3.63) is 82.9 Å². The number of aryl methyl sites for hydroxylation is 2. The van der Waals surface area contributed by atoms with Crippen molar-refractivity contribution in [3.8, 4) is 0 Å². The minimum atomic E-state index is -3.68. The van der Waals surface area contributed by atoms with Gasteiger partial charge >= 0.3 is 0 Å². The molecule has 146 valence electrons. The van der Waals surface area contributed by atoms with Crippen LogP contribution in [0.3, 0.4) is 0 Å². The summed E-state index contributed by atoms with van der Waals surface area (Å²) in [5.41, 5.74) is 3.31. The first-order valence-corrected chi connectivity index (χ1v) is 10.8. The van der Waals surface area contributed by atoms with E-state index in [9.17, 15) is 8.42 Å². The predicted molar refractivity (Wildman–Crippen MR) is 112 cm³/mol. The van der Waals surface area contributed by atoms with E-state index in [-0.39, 0.29) is 4.90 Å². The summed E-state index contributed by atoms with van der Waals surface area (Å²) in [5.74, 6) is 0. The van der Waals surface area contributed by atoms with Crippen LogP contribution in [0.5, 0.6) is 0 Å². The van der Waals surface area contributed by atoms with Gasteiger partial charge in [-0.25, -0.2) is 18.4 Å². The Morgan fingerprint density at radius 1 is 0.964 bits per heavy atom. The Bertz CT molecular complexity index is 1020. The Labute approximate surface area is 171 Å². The summed E-state index contributed by atoms with van der Waals surface area (Å²) < 4.78 is 28.0. The zero-order valence-corrected chi connectivity index (χ0v) is 17.4. The molecule has 28 heavy (non-hydrogen) atoms. The zero-order valence-electron chi connectivity index (χ0n) is 15.8. The van der Waals surface area contributed by atoms with Gasteiger partial charge in [-0.15, -0.1) is 0 Å². The highest BCUT2D eigenvalue weighted by atomic mass is 35.5. The number of sulfonamides is 1. The molecule has 0 saturated heterocycles. The maximum absolute atomic E-state index is 13.3. The molecule has 7 heteroatoms. The number of nitrogens with zero attached hydrogens (tertiary/aromatic N) is 3. The predicted octanol–water partition coefficient (Wildman–Crippen LogP) is 4.57. The average molecular weight is 416 g/mol. The maximum Gasteiger partial charge on any atom is 0.264 e. The highest BCUT2D eigenvalue weighted by Crippen LogP contribution is 2.25. The van der Waals surface area contributed by atoms with Crippen LogP contribution >= 0.6 is 11.6 Å². The summed E-state index contributed by atoms with van der Waals surface area (Å²) in [6.45, 7) is 4.13. The van der Waals surface area contributed by atoms with Gasteiger partial charge in [0.15, 0.2) is 0 Å². The fraction of sp³-hybridized carbons (Fsp3) is 0.238. The Hall–Kier alpha value is -2.44. The second-order valence-corrected chi connectivity index (χ2v) is 8.78. The molecule has 3 aromatic rings. The first-order chi connectivity index (χ1) is 13.4. The second-order valence-electron chi connectivity index (χ2n) is 6.56. The van der Waals surface area contributed by atoms with Crippen LogP contribution in [-0.4, -0.2) is 24.9 Å². The first kappa shape index (κ1) is 20.3. The Kier molecular flexibility index (Phi) is 6.31. The summed E-state index contributed by atoms with van der Waals surface area (Å²) >= 11 is 6.18. The van der Waals surface area contributed by atoms with Crippen molar-refractivity contribution in [2.24, 2.45) is 0 Å². The van der Waals surface area contributed by atoms with Crippen LogP contribution in [0.2, 0.25) is 5.15 Å². The van der Waals surface area contributed by atoms with E-state index in [4.69, 9.17) is 11.6 Å². The number of aromatic nitrogens is 2. The molecule has 0 spiro atoms.